The molecule has 1 aromatic heterocycles. The van der Waals surface area contributed by atoms with Crippen LogP contribution in [0.5, 0.6) is 0 Å². The highest BCUT2D eigenvalue weighted by Gasteiger charge is 2.27. The minimum absolute atomic E-state index is 0.0147. The van der Waals surface area contributed by atoms with Gasteiger partial charge in [-0.3, -0.25) is 0 Å². The highest BCUT2D eigenvalue weighted by Crippen LogP contribution is 2.35. The molecular weight excluding hydrogens is 234 g/mol. The van der Waals surface area contributed by atoms with Gasteiger partial charge in [0.15, 0.2) is 0 Å². The van der Waals surface area contributed by atoms with Gasteiger partial charge >= 0.3 is 6.55 Å². The minimum atomic E-state index is -2.54. The van der Waals surface area contributed by atoms with Crippen molar-refractivity contribution in [2.24, 2.45) is 0 Å². The molecule has 0 atom stereocenters. The molecule has 2 nitrogen and oxygen atoms in total. The van der Waals surface area contributed by atoms with Crippen molar-refractivity contribution >= 4 is 0 Å². The Labute approximate surface area is 108 Å². The highest BCUT2D eigenvalue weighted by atomic mass is 19.3. The van der Waals surface area contributed by atoms with E-state index in [-0.39, 0.29) is 5.41 Å². The van der Waals surface area contributed by atoms with E-state index in [2.05, 4.69) is 25.9 Å². The standard InChI is InChI=1S/C14H24F2N2/c1-4-6-8-14(3,9-7-5-2)12-10-17-18(11-12)13(15)16/h10-11,13H,4-9H2,1-3H3. The number of unbranched alkanes of at least 4 members (excludes halogenated alkanes) is 2. The fraction of sp³-hybridized carbons (Fsp3) is 0.786. The van der Waals surface area contributed by atoms with Crippen LogP contribution in [0, 0.1) is 0 Å². The third-order valence-electron chi connectivity index (χ3n) is 3.66. The second kappa shape index (κ2) is 6.86. The summed E-state index contributed by atoms with van der Waals surface area (Å²) in [5, 5.41) is 3.76. The summed E-state index contributed by atoms with van der Waals surface area (Å²) in [5.74, 6) is 0. The molecule has 4 heteroatoms. The lowest BCUT2D eigenvalue weighted by Gasteiger charge is -2.28. The third-order valence-corrected chi connectivity index (χ3v) is 3.66. The predicted molar refractivity (Wildman–Crippen MR) is 69.9 cm³/mol. The molecule has 0 radical (unpaired) electrons. The van der Waals surface area contributed by atoms with Gasteiger partial charge < -0.3 is 0 Å². The second-order valence-electron chi connectivity index (χ2n) is 5.25. The van der Waals surface area contributed by atoms with Gasteiger partial charge in [-0.1, -0.05) is 46.5 Å². The lowest BCUT2D eigenvalue weighted by Crippen LogP contribution is -2.21. The summed E-state index contributed by atoms with van der Waals surface area (Å²) < 4.78 is 25.9. The third kappa shape index (κ3) is 3.79. The zero-order valence-electron chi connectivity index (χ0n) is 11.6. The summed E-state index contributed by atoms with van der Waals surface area (Å²) in [4.78, 5) is 0. The Morgan fingerprint density at radius 2 is 1.78 bits per heavy atom. The van der Waals surface area contributed by atoms with Crippen LogP contribution in [0.4, 0.5) is 8.78 Å². The van der Waals surface area contributed by atoms with Crippen molar-refractivity contribution in [1.29, 1.82) is 0 Å². The van der Waals surface area contributed by atoms with Crippen molar-refractivity contribution in [3.63, 3.8) is 0 Å². The maximum Gasteiger partial charge on any atom is 0.333 e. The van der Waals surface area contributed by atoms with Crippen LogP contribution in [-0.2, 0) is 5.41 Å². The molecule has 0 aliphatic rings. The molecule has 0 amide bonds. The molecule has 0 aliphatic heterocycles. The average Bonchev–Trinajstić information content (AvgIpc) is 2.84. The number of hydrogen-bond donors (Lipinski definition) is 0. The first-order chi connectivity index (χ1) is 8.53. The van der Waals surface area contributed by atoms with Crippen molar-refractivity contribution in [1.82, 2.24) is 9.78 Å². The zero-order valence-corrected chi connectivity index (χ0v) is 11.6. The van der Waals surface area contributed by atoms with Crippen LogP contribution in [-0.4, -0.2) is 9.78 Å². The Morgan fingerprint density at radius 1 is 1.22 bits per heavy atom. The van der Waals surface area contributed by atoms with E-state index in [0.717, 1.165) is 48.8 Å². The molecular formula is C14H24F2N2. The first kappa shape index (κ1) is 15.1. The number of hydrogen-bond acceptors (Lipinski definition) is 1. The number of aromatic nitrogens is 2. The Kier molecular flexibility index (Phi) is 5.76. The number of nitrogens with zero attached hydrogens (tertiary/aromatic N) is 2. The van der Waals surface area contributed by atoms with Crippen LogP contribution in [0.1, 0.15) is 71.4 Å². The van der Waals surface area contributed by atoms with Gasteiger partial charge in [0, 0.05) is 6.20 Å². The van der Waals surface area contributed by atoms with Crippen LogP contribution in [0.25, 0.3) is 0 Å². The van der Waals surface area contributed by atoms with Gasteiger partial charge in [-0.25, -0.2) is 4.68 Å². The molecule has 1 rings (SSSR count). The molecule has 0 unspecified atom stereocenters. The lowest BCUT2D eigenvalue weighted by molar-refractivity contribution is 0.0564. The van der Waals surface area contributed by atoms with Gasteiger partial charge in [0.05, 0.1) is 6.20 Å². The van der Waals surface area contributed by atoms with Gasteiger partial charge in [-0.05, 0) is 23.8 Å². The molecule has 0 aliphatic carbocycles. The molecule has 1 aromatic rings. The fourth-order valence-electron chi connectivity index (χ4n) is 2.30. The molecule has 0 fully saturated rings. The lowest BCUT2D eigenvalue weighted by atomic mass is 9.76. The molecule has 0 N–H and O–H groups in total. The monoisotopic (exact) mass is 258 g/mol. The van der Waals surface area contributed by atoms with Crippen molar-refractivity contribution in [3.8, 4) is 0 Å². The quantitative estimate of drug-likeness (QED) is 0.647. The number of rotatable bonds is 8. The first-order valence-corrected chi connectivity index (χ1v) is 6.86. The van der Waals surface area contributed by atoms with E-state index in [0.29, 0.717) is 0 Å². The molecule has 18 heavy (non-hydrogen) atoms. The number of alkyl halides is 2. The minimum Gasteiger partial charge on any atom is -0.211 e. The molecule has 0 saturated carbocycles. The van der Waals surface area contributed by atoms with Crippen molar-refractivity contribution in [2.75, 3.05) is 0 Å². The van der Waals surface area contributed by atoms with Crippen molar-refractivity contribution < 1.29 is 8.78 Å². The Hall–Kier alpha value is -0.930. The Morgan fingerprint density at radius 3 is 2.17 bits per heavy atom. The van der Waals surface area contributed by atoms with Crippen LogP contribution in [0.3, 0.4) is 0 Å². The summed E-state index contributed by atoms with van der Waals surface area (Å²) in [6, 6.07) is 0. The topological polar surface area (TPSA) is 17.8 Å². The molecule has 0 saturated heterocycles. The second-order valence-corrected chi connectivity index (χ2v) is 5.25. The summed E-state index contributed by atoms with van der Waals surface area (Å²) in [5.41, 5.74) is 0.934. The molecule has 1 heterocycles. The largest absolute Gasteiger partial charge is 0.333 e. The first-order valence-electron chi connectivity index (χ1n) is 6.86. The van der Waals surface area contributed by atoms with Crippen LogP contribution >= 0.6 is 0 Å². The summed E-state index contributed by atoms with van der Waals surface area (Å²) >= 11 is 0. The smallest absolute Gasteiger partial charge is 0.211 e. The molecule has 0 aromatic carbocycles. The zero-order chi connectivity index (χ0) is 13.6. The van der Waals surface area contributed by atoms with E-state index in [1.54, 1.807) is 6.20 Å². The van der Waals surface area contributed by atoms with E-state index in [4.69, 9.17) is 0 Å². The van der Waals surface area contributed by atoms with Gasteiger partial charge in [0.2, 0.25) is 0 Å². The van der Waals surface area contributed by atoms with Gasteiger partial charge in [-0.15, -0.1) is 0 Å². The van der Waals surface area contributed by atoms with Crippen LogP contribution < -0.4 is 0 Å². The maximum atomic E-state index is 12.6. The Bertz CT molecular complexity index is 339. The highest BCUT2D eigenvalue weighted by molar-refractivity contribution is 5.18. The maximum absolute atomic E-state index is 12.6. The van der Waals surface area contributed by atoms with Crippen molar-refractivity contribution in [2.45, 2.75) is 71.3 Å². The molecule has 0 spiro atoms. The predicted octanol–water partition coefficient (Wildman–Crippen LogP) is 4.92. The van der Waals surface area contributed by atoms with Gasteiger partial charge in [0.25, 0.3) is 0 Å². The van der Waals surface area contributed by atoms with Crippen molar-refractivity contribution in [3.05, 3.63) is 18.0 Å². The summed E-state index contributed by atoms with van der Waals surface area (Å²) in [7, 11) is 0. The van der Waals surface area contributed by atoms with Crippen LogP contribution in [0.2, 0.25) is 0 Å². The van der Waals surface area contributed by atoms with Gasteiger partial charge in [-0.2, -0.15) is 13.9 Å². The van der Waals surface area contributed by atoms with E-state index < -0.39 is 6.55 Å². The number of halogens is 2. The molecule has 104 valence electrons. The van der Waals surface area contributed by atoms with E-state index in [1.807, 2.05) is 0 Å². The average molecular weight is 258 g/mol. The van der Waals surface area contributed by atoms with E-state index >= 15 is 0 Å². The normalized spacial score (nSPS) is 12.3. The van der Waals surface area contributed by atoms with E-state index in [9.17, 15) is 8.78 Å². The Balaban J connectivity index is 2.85. The molecule has 0 bridgehead atoms. The summed E-state index contributed by atoms with van der Waals surface area (Å²) in [6.45, 7) is 3.94. The summed E-state index contributed by atoms with van der Waals surface area (Å²) in [6.07, 6.45) is 9.71. The van der Waals surface area contributed by atoms with Gasteiger partial charge in [0.1, 0.15) is 0 Å². The van der Waals surface area contributed by atoms with E-state index in [1.165, 1.54) is 6.20 Å². The SMILES string of the molecule is CCCCC(C)(CCCC)c1cnn(C(F)F)c1. The van der Waals surface area contributed by atoms with Crippen LogP contribution in [0.15, 0.2) is 12.4 Å². The fourth-order valence-corrected chi connectivity index (χ4v) is 2.30.